The van der Waals surface area contributed by atoms with E-state index in [0.29, 0.717) is 0 Å². The molecule has 13 heavy (non-hydrogen) atoms. The minimum Gasteiger partial charge on any atom is -0.460 e. The first-order chi connectivity index (χ1) is 4.33. The van der Waals surface area contributed by atoms with Crippen LogP contribution < -0.4 is 0 Å². The third kappa shape index (κ3) is 14.9. The molecule has 0 radical (unpaired) electrons. The van der Waals surface area contributed by atoms with Crippen LogP contribution in [-0.4, -0.2) is 11.6 Å². The maximum absolute atomic E-state index is 10.9. The van der Waals surface area contributed by atoms with Crippen LogP contribution in [0.5, 0.6) is 0 Å². The Kier molecular flexibility index (Phi) is 15.4. The second kappa shape index (κ2) is 8.64. The fourth-order valence-corrected chi connectivity index (χ4v) is 0.420. The molecule has 0 atom stereocenters. The Morgan fingerprint density at radius 1 is 1.15 bits per heavy atom. The largest absolute Gasteiger partial charge is 0.460 e. The molecule has 0 fully saturated rings. The Balaban J connectivity index is -0.000000135. The lowest BCUT2D eigenvalue weighted by molar-refractivity contribution is -0.158. The van der Waals surface area contributed by atoms with Crippen molar-refractivity contribution in [3.63, 3.8) is 0 Å². The van der Waals surface area contributed by atoms with E-state index in [2.05, 4.69) is 0 Å². The molecule has 0 aliphatic rings. The Hall–Kier alpha value is 0.0500. The molecule has 2 nitrogen and oxygen atoms in total. The van der Waals surface area contributed by atoms with Gasteiger partial charge in [-0.2, -0.15) is 0 Å². The van der Waals surface area contributed by atoms with Gasteiger partial charge in [0, 0.05) is 0 Å². The summed E-state index contributed by atoms with van der Waals surface area (Å²) >= 11 is 0. The van der Waals surface area contributed by atoms with Crippen molar-refractivity contribution in [1.82, 2.24) is 0 Å². The SMILES string of the molecule is C.CC(C)C(=O)OC(C)(C)C.Cl.Cl. The third-order valence-corrected chi connectivity index (χ3v) is 0.878. The molecular weight excluding hydrogens is 211 g/mol. The zero-order valence-electron chi connectivity index (χ0n) is 8.21. The van der Waals surface area contributed by atoms with E-state index >= 15 is 0 Å². The first-order valence-corrected chi connectivity index (χ1v) is 3.56. The molecule has 0 bridgehead atoms. The Morgan fingerprint density at radius 2 is 1.46 bits per heavy atom. The number of ether oxygens (including phenoxy) is 1. The highest BCUT2D eigenvalue weighted by atomic mass is 35.5. The Labute approximate surface area is 94.2 Å². The lowest BCUT2D eigenvalue weighted by Gasteiger charge is -2.20. The van der Waals surface area contributed by atoms with E-state index in [1.54, 1.807) is 0 Å². The molecule has 4 heteroatoms. The van der Waals surface area contributed by atoms with Crippen LogP contribution in [0.25, 0.3) is 0 Å². The lowest BCUT2D eigenvalue weighted by Crippen LogP contribution is -2.26. The van der Waals surface area contributed by atoms with E-state index in [1.165, 1.54) is 0 Å². The number of hydrogen-bond donors (Lipinski definition) is 0. The number of carbonyl (C=O) groups is 1. The minimum atomic E-state index is -0.346. The number of halogens is 2. The summed E-state index contributed by atoms with van der Waals surface area (Å²) in [6, 6.07) is 0. The van der Waals surface area contributed by atoms with Crippen molar-refractivity contribution in [3.05, 3.63) is 0 Å². The molecule has 0 spiro atoms. The second-order valence-electron chi connectivity index (χ2n) is 3.69. The minimum absolute atomic E-state index is 0. The molecule has 0 amide bonds. The van der Waals surface area contributed by atoms with Crippen molar-refractivity contribution in [3.8, 4) is 0 Å². The van der Waals surface area contributed by atoms with Gasteiger partial charge in [-0.25, -0.2) is 0 Å². The zero-order chi connectivity index (χ0) is 8.36. The van der Waals surface area contributed by atoms with E-state index in [4.69, 9.17) is 4.74 Å². The molecule has 0 rings (SSSR count). The van der Waals surface area contributed by atoms with Crippen molar-refractivity contribution < 1.29 is 9.53 Å². The third-order valence-electron chi connectivity index (χ3n) is 0.878. The topological polar surface area (TPSA) is 26.3 Å². The van der Waals surface area contributed by atoms with Crippen LogP contribution in [0.1, 0.15) is 42.0 Å². The first kappa shape index (κ1) is 23.1. The standard InChI is InChI=1S/C8H16O2.CH4.2ClH/c1-6(2)7(9)10-8(3,4)5;;;/h6H,1-5H3;1H4;2*1H. The van der Waals surface area contributed by atoms with E-state index in [1.807, 2.05) is 34.6 Å². The van der Waals surface area contributed by atoms with E-state index in [-0.39, 0.29) is 49.7 Å². The van der Waals surface area contributed by atoms with Gasteiger partial charge in [0.15, 0.2) is 0 Å². The van der Waals surface area contributed by atoms with Crippen LogP contribution in [0.3, 0.4) is 0 Å². The highest BCUT2D eigenvalue weighted by Gasteiger charge is 2.17. The number of rotatable bonds is 1. The predicted octanol–water partition coefficient (Wildman–Crippen LogP) is 3.46. The molecule has 0 saturated carbocycles. The molecule has 0 aliphatic carbocycles. The van der Waals surface area contributed by atoms with Gasteiger partial charge in [0.2, 0.25) is 0 Å². The van der Waals surface area contributed by atoms with Gasteiger partial charge in [-0.1, -0.05) is 21.3 Å². The number of esters is 1. The highest BCUT2D eigenvalue weighted by molar-refractivity contribution is 5.85. The van der Waals surface area contributed by atoms with Crippen molar-refractivity contribution >= 4 is 30.8 Å². The van der Waals surface area contributed by atoms with Crippen LogP contribution in [0.4, 0.5) is 0 Å². The fraction of sp³-hybridized carbons (Fsp3) is 0.889. The number of hydrogen-bond acceptors (Lipinski definition) is 2. The first-order valence-electron chi connectivity index (χ1n) is 3.56. The van der Waals surface area contributed by atoms with Gasteiger partial charge in [0.25, 0.3) is 0 Å². The molecule has 0 aliphatic heterocycles. The molecule has 0 aromatic carbocycles. The number of carbonyl (C=O) groups excluding carboxylic acids is 1. The van der Waals surface area contributed by atoms with E-state index in [0.717, 1.165) is 0 Å². The molecule has 0 N–H and O–H groups in total. The molecule has 0 aromatic rings. The average molecular weight is 233 g/mol. The van der Waals surface area contributed by atoms with Gasteiger partial charge >= 0.3 is 5.97 Å². The van der Waals surface area contributed by atoms with E-state index in [9.17, 15) is 4.79 Å². The van der Waals surface area contributed by atoms with Crippen LogP contribution in [-0.2, 0) is 9.53 Å². The fourth-order valence-electron chi connectivity index (χ4n) is 0.420. The highest BCUT2D eigenvalue weighted by Crippen LogP contribution is 2.10. The normalized spacial score (nSPS) is 9.08. The van der Waals surface area contributed by atoms with Crippen LogP contribution in [0.2, 0.25) is 0 Å². The van der Waals surface area contributed by atoms with E-state index < -0.39 is 0 Å². The average Bonchev–Trinajstić information content (AvgIpc) is 1.60. The van der Waals surface area contributed by atoms with Gasteiger partial charge < -0.3 is 4.74 Å². The van der Waals surface area contributed by atoms with Crippen molar-refractivity contribution in [2.24, 2.45) is 5.92 Å². The summed E-state index contributed by atoms with van der Waals surface area (Å²) < 4.78 is 5.06. The van der Waals surface area contributed by atoms with Gasteiger partial charge in [0.05, 0.1) is 5.92 Å². The summed E-state index contributed by atoms with van der Waals surface area (Å²) in [5.74, 6) is -0.160. The summed E-state index contributed by atoms with van der Waals surface area (Å²) in [4.78, 5) is 10.9. The molecule has 0 heterocycles. The van der Waals surface area contributed by atoms with Crippen molar-refractivity contribution in [2.45, 2.75) is 47.6 Å². The summed E-state index contributed by atoms with van der Waals surface area (Å²) in [5.41, 5.74) is -0.346. The van der Waals surface area contributed by atoms with Crippen LogP contribution in [0.15, 0.2) is 0 Å². The van der Waals surface area contributed by atoms with Gasteiger partial charge in [-0.3, -0.25) is 4.79 Å². The smallest absolute Gasteiger partial charge is 0.308 e. The van der Waals surface area contributed by atoms with Crippen LogP contribution in [0, 0.1) is 5.92 Å². The lowest BCUT2D eigenvalue weighted by atomic mass is 10.1. The van der Waals surface area contributed by atoms with Crippen LogP contribution >= 0.6 is 24.8 Å². The van der Waals surface area contributed by atoms with Crippen molar-refractivity contribution in [2.75, 3.05) is 0 Å². The Bertz CT molecular complexity index is 128. The maximum atomic E-state index is 10.9. The summed E-state index contributed by atoms with van der Waals surface area (Å²) in [5, 5.41) is 0. The zero-order valence-corrected chi connectivity index (χ0v) is 9.84. The molecule has 0 saturated heterocycles. The summed E-state index contributed by atoms with van der Waals surface area (Å²) in [6.07, 6.45) is 0. The van der Waals surface area contributed by atoms with Gasteiger partial charge in [-0.15, -0.1) is 24.8 Å². The summed E-state index contributed by atoms with van der Waals surface area (Å²) in [7, 11) is 0. The summed E-state index contributed by atoms with van der Waals surface area (Å²) in [6.45, 7) is 9.26. The van der Waals surface area contributed by atoms with Gasteiger partial charge in [0.1, 0.15) is 5.60 Å². The monoisotopic (exact) mass is 232 g/mol. The Morgan fingerprint density at radius 3 is 1.54 bits per heavy atom. The van der Waals surface area contributed by atoms with Gasteiger partial charge in [-0.05, 0) is 20.8 Å². The van der Waals surface area contributed by atoms with Crippen molar-refractivity contribution in [1.29, 1.82) is 0 Å². The predicted molar refractivity (Wildman–Crippen MR) is 61.9 cm³/mol. The molecular formula is C9H22Cl2O2. The molecule has 0 unspecified atom stereocenters. The second-order valence-corrected chi connectivity index (χ2v) is 3.69. The molecule has 84 valence electrons. The maximum Gasteiger partial charge on any atom is 0.308 e. The molecule has 0 aromatic heterocycles. The quantitative estimate of drug-likeness (QED) is 0.648.